The molecular formula is C19H29FN2O2. The molecule has 24 heavy (non-hydrogen) atoms. The van der Waals surface area contributed by atoms with Gasteiger partial charge in [0, 0.05) is 25.7 Å². The molecule has 1 fully saturated rings. The van der Waals surface area contributed by atoms with E-state index in [4.69, 9.17) is 4.74 Å². The molecule has 2 rings (SSSR count). The maximum absolute atomic E-state index is 13.3. The average molecular weight is 336 g/mol. The molecule has 1 aliphatic rings. The number of ether oxygens (including phenoxy) is 1. The lowest BCUT2D eigenvalue weighted by molar-refractivity contribution is 0.0528. The molecule has 5 heteroatoms. The first kappa shape index (κ1) is 18.7. The van der Waals surface area contributed by atoms with Crippen molar-refractivity contribution < 1.29 is 13.9 Å². The van der Waals surface area contributed by atoms with Gasteiger partial charge in [0.1, 0.15) is 11.8 Å². The summed E-state index contributed by atoms with van der Waals surface area (Å²) in [5.41, 5.74) is 1.88. The molecule has 134 valence electrons. The minimum absolute atomic E-state index is 0.236. The summed E-state index contributed by atoms with van der Waals surface area (Å²) >= 11 is 0. The third-order valence-electron chi connectivity index (χ3n) is 4.25. The van der Waals surface area contributed by atoms with Crippen LogP contribution in [0.3, 0.4) is 0 Å². The lowest BCUT2D eigenvalue weighted by Crippen LogP contribution is -2.33. The van der Waals surface area contributed by atoms with Crippen molar-refractivity contribution in [1.82, 2.24) is 10.2 Å². The van der Waals surface area contributed by atoms with Crippen molar-refractivity contribution in [3.8, 4) is 0 Å². The number of likely N-dealkylation sites (tertiary alicyclic amines) is 1. The van der Waals surface area contributed by atoms with Crippen LogP contribution in [0.1, 0.15) is 51.3 Å². The Hall–Kier alpha value is -1.62. The second kappa shape index (κ2) is 7.97. The Balaban J connectivity index is 1.79. The van der Waals surface area contributed by atoms with Gasteiger partial charge in [-0.05, 0) is 51.7 Å². The second-order valence-corrected chi connectivity index (χ2v) is 7.48. The number of carbonyl (C=O) groups excluding carboxylic acids is 1. The molecule has 2 atom stereocenters. The van der Waals surface area contributed by atoms with Crippen LogP contribution in [0.5, 0.6) is 0 Å². The third-order valence-corrected chi connectivity index (χ3v) is 4.25. The minimum Gasteiger partial charge on any atom is -0.444 e. The Morgan fingerprint density at radius 3 is 2.58 bits per heavy atom. The Kier molecular flexibility index (Phi) is 6.21. The molecule has 1 aromatic rings. The number of halogens is 1. The number of amides is 1. The van der Waals surface area contributed by atoms with Gasteiger partial charge in [-0.15, -0.1) is 0 Å². The normalized spacial score (nSPS) is 20.0. The maximum atomic E-state index is 13.3. The Morgan fingerprint density at radius 1 is 1.38 bits per heavy atom. The van der Waals surface area contributed by atoms with Crippen LogP contribution in [0.4, 0.5) is 9.18 Å². The van der Waals surface area contributed by atoms with E-state index in [1.807, 2.05) is 20.8 Å². The molecular weight excluding hydrogens is 307 g/mol. The van der Waals surface area contributed by atoms with E-state index in [0.717, 1.165) is 18.5 Å². The molecule has 1 saturated heterocycles. The fourth-order valence-corrected chi connectivity index (χ4v) is 2.89. The number of carbonyl (C=O) groups is 1. The third kappa shape index (κ3) is 5.78. The van der Waals surface area contributed by atoms with E-state index < -0.39 is 11.8 Å². The zero-order valence-corrected chi connectivity index (χ0v) is 15.1. The molecule has 1 N–H and O–H groups in total. The van der Waals surface area contributed by atoms with E-state index in [2.05, 4.69) is 41.4 Å². The van der Waals surface area contributed by atoms with Gasteiger partial charge in [0.05, 0.1) is 0 Å². The molecule has 0 saturated carbocycles. The van der Waals surface area contributed by atoms with Crippen LogP contribution >= 0.6 is 0 Å². The number of nitrogens with zero attached hydrogens (tertiary/aromatic N) is 1. The number of alkyl halides is 1. The summed E-state index contributed by atoms with van der Waals surface area (Å²) in [5, 5.41) is 2.76. The highest BCUT2D eigenvalue weighted by atomic mass is 19.1. The summed E-state index contributed by atoms with van der Waals surface area (Å²) in [6, 6.07) is 8.58. The molecule has 0 bridgehead atoms. The van der Waals surface area contributed by atoms with Gasteiger partial charge < -0.3 is 10.1 Å². The lowest BCUT2D eigenvalue weighted by atomic mass is 10.0. The summed E-state index contributed by atoms with van der Waals surface area (Å²) in [4.78, 5) is 13.8. The molecule has 1 unspecified atom stereocenters. The van der Waals surface area contributed by atoms with E-state index in [9.17, 15) is 9.18 Å². The zero-order chi connectivity index (χ0) is 17.7. The highest BCUT2D eigenvalue weighted by molar-refractivity contribution is 5.67. The predicted molar refractivity (Wildman–Crippen MR) is 93.9 cm³/mol. The highest BCUT2D eigenvalue weighted by Gasteiger charge is 2.26. The van der Waals surface area contributed by atoms with Gasteiger partial charge in [-0.25, -0.2) is 9.18 Å². The van der Waals surface area contributed by atoms with Crippen molar-refractivity contribution >= 4 is 6.09 Å². The quantitative estimate of drug-likeness (QED) is 0.888. The first-order valence-electron chi connectivity index (χ1n) is 8.68. The molecule has 4 nitrogen and oxygen atoms in total. The first-order chi connectivity index (χ1) is 11.2. The van der Waals surface area contributed by atoms with Crippen molar-refractivity contribution in [2.45, 2.75) is 58.4 Å². The largest absolute Gasteiger partial charge is 0.444 e. The van der Waals surface area contributed by atoms with Crippen molar-refractivity contribution in [1.29, 1.82) is 0 Å². The molecule has 0 spiro atoms. The molecule has 0 aromatic heterocycles. The number of hydrogen-bond acceptors (Lipinski definition) is 3. The van der Waals surface area contributed by atoms with Gasteiger partial charge in [-0.3, -0.25) is 4.90 Å². The van der Waals surface area contributed by atoms with E-state index >= 15 is 0 Å². The zero-order valence-electron chi connectivity index (χ0n) is 15.1. The molecule has 1 amide bonds. The summed E-state index contributed by atoms with van der Waals surface area (Å²) in [6.45, 7) is 9.55. The first-order valence-corrected chi connectivity index (χ1v) is 8.68. The van der Waals surface area contributed by atoms with Crippen molar-refractivity contribution in [2.75, 3.05) is 19.6 Å². The number of hydrogen-bond donors (Lipinski definition) is 1. The molecule has 0 aliphatic carbocycles. The van der Waals surface area contributed by atoms with Gasteiger partial charge in [0.15, 0.2) is 0 Å². The van der Waals surface area contributed by atoms with Crippen LogP contribution in [0.15, 0.2) is 24.3 Å². The molecule has 0 radical (unpaired) electrons. The van der Waals surface area contributed by atoms with E-state index in [-0.39, 0.29) is 12.1 Å². The molecule has 1 aromatic carbocycles. The summed E-state index contributed by atoms with van der Waals surface area (Å²) < 4.78 is 18.5. The van der Waals surface area contributed by atoms with Crippen molar-refractivity contribution in [3.63, 3.8) is 0 Å². The van der Waals surface area contributed by atoms with Gasteiger partial charge in [0.25, 0.3) is 0 Å². The monoisotopic (exact) mass is 336 g/mol. The van der Waals surface area contributed by atoms with Crippen LogP contribution in [-0.4, -0.2) is 42.4 Å². The minimum atomic E-state index is -0.689. The van der Waals surface area contributed by atoms with Crippen LogP contribution in [0.25, 0.3) is 0 Å². The van der Waals surface area contributed by atoms with Gasteiger partial charge in [-0.2, -0.15) is 0 Å². The second-order valence-electron chi connectivity index (χ2n) is 7.48. The van der Waals surface area contributed by atoms with E-state index in [1.54, 1.807) is 0 Å². The smallest absolute Gasteiger partial charge is 0.407 e. The molecule has 1 heterocycles. The number of nitrogens with one attached hydrogen (secondary N) is 1. The fourth-order valence-electron chi connectivity index (χ4n) is 2.89. The van der Waals surface area contributed by atoms with Crippen LogP contribution < -0.4 is 5.32 Å². The Morgan fingerprint density at radius 2 is 2.04 bits per heavy atom. The summed E-state index contributed by atoms with van der Waals surface area (Å²) in [7, 11) is 0. The van der Waals surface area contributed by atoms with E-state index in [0.29, 0.717) is 19.5 Å². The standard InChI is InChI=1S/C19H29FN2O2/c1-14(22-12-10-17(20)13-22)16-7-5-15(6-8-16)9-11-21-18(23)24-19(2,3)4/h5-8,14,17H,9-13H2,1-4H3,(H,21,23)/t14?,17-/m0/s1. The Bertz CT molecular complexity index is 539. The Labute approximate surface area is 144 Å². The van der Waals surface area contributed by atoms with Crippen LogP contribution in [-0.2, 0) is 11.2 Å². The van der Waals surface area contributed by atoms with Crippen molar-refractivity contribution in [3.05, 3.63) is 35.4 Å². The predicted octanol–water partition coefficient (Wildman–Crippen LogP) is 3.86. The maximum Gasteiger partial charge on any atom is 0.407 e. The number of benzene rings is 1. The van der Waals surface area contributed by atoms with Gasteiger partial charge in [0.2, 0.25) is 0 Å². The highest BCUT2D eigenvalue weighted by Crippen LogP contribution is 2.26. The topological polar surface area (TPSA) is 41.6 Å². The van der Waals surface area contributed by atoms with Gasteiger partial charge in [-0.1, -0.05) is 24.3 Å². The molecule has 1 aliphatic heterocycles. The van der Waals surface area contributed by atoms with Crippen LogP contribution in [0.2, 0.25) is 0 Å². The van der Waals surface area contributed by atoms with Gasteiger partial charge >= 0.3 is 6.09 Å². The lowest BCUT2D eigenvalue weighted by Gasteiger charge is -2.24. The fraction of sp³-hybridized carbons (Fsp3) is 0.632. The average Bonchev–Trinajstić information content (AvgIpc) is 2.92. The summed E-state index contributed by atoms with van der Waals surface area (Å²) in [6.07, 6.45) is 0.316. The number of alkyl carbamates (subject to hydrolysis) is 1. The SMILES string of the molecule is CC(c1ccc(CCNC(=O)OC(C)(C)C)cc1)N1CC[C@H](F)C1. The van der Waals surface area contributed by atoms with Crippen molar-refractivity contribution in [2.24, 2.45) is 0 Å². The number of rotatable bonds is 5. The van der Waals surface area contributed by atoms with E-state index in [1.165, 1.54) is 5.56 Å². The summed E-state index contributed by atoms with van der Waals surface area (Å²) in [5.74, 6) is 0. The van der Waals surface area contributed by atoms with Crippen LogP contribution in [0, 0.1) is 0 Å².